The number of nitrogens with one attached hydrogen (secondary N) is 2. The number of sulfonamides is 1. The summed E-state index contributed by atoms with van der Waals surface area (Å²) in [5.74, 6) is -1.32. The number of thiazole rings is 1. The van der Waals surface area contributed by atoms with E-state index in [4.69, 9.17) is 0 Å². The molecule has 2 amide bonds. The van der Waals surface area contributed by atoms with Crippen LogP contribution in [0.25, 0.3) is 0 Å². The summed E-state index contributed by atoms with van der Waals surface area (Å²) in [4.78, 5) is 36.3. The first kappa shape index (κ1) is 14.9. The number of carbonyl (C=O) groups is 2. The molecule has 1 atom stereocenters. The van der Waals surface area contributed by atoms with Gasteiger partial charge in [0.05, 0.1) is 6.54 Å². The summed E-state index contributed by atoms with van der Waals surface area (Å²) in [6.07, 6.45) is 0.233. The summed E-state index contributed by atoms with van der Waals surface area (Å²) >= 11 is 0.546. The van der Waals surface area contributed by atoms with Crippen LogP contribution in [0, 0.1) is 6.92 Å². The summed E-state index contributed by atoms with van der Waals surface area (Å²) < 4.78 is 25.7. The van der Waals surface area contributed by atoms with Gasteiger partial charge in [-0.05, 0) is 13.3 Å². The number of aryl methyl sites for hydroxylation is 1. The first-order valence-corrected chi connectivity index (χ1v) is 8.08. The van der Waals surface area contributed by atoms with Crippen molar-refractivity contribution in [2.45, 2.75) is 30.5 Å². The molecule has 8 nitrogen and oxygen atoms in total. The Morgan fingerprint density at radius 3 is 2.50 bits per heavy atom. The quantitative estimate of drug-likeness (QED) is 0.705. The predicted octanol–water partition coefficient (Wildman–Crippen LogP) is -0.829. The first-order valence-electron chi connectivity index (χ1n) is 5.82. The molecule has 1 fully saturated rings. The van der Waals surface area contributed by atoms with Crippen molar-refractivity contribution in [2.24, 2.45) is 0 Å². The second kappa shape index (κ2) is 5.11. The van der Waals surface area contributed by atoms with E-state index in [9.17, 15) is 22.8 Å². The van der Waals surface area contributed by atoms with Gasteiger partial charge in [-0.3, -0.25) is 19.7 Å². The summed E-state index contributed by atoms with van der Waals surface area (Å²) in [6.45, 7) is 2.67. The van der Waals surface area contributed by atoms with Crippen molar-refractivity contribution >= 4 is 33.2 Å². The smallest absolute Gasteiger partial charge is 0.305 e. The molecule has 2 heterocycles. The van der Waals surface area contributed by atoms with Crippen molar-refractivity contribution < 1.29 is 18.0 Å². The van der Waals surface area contributed by atoms with Gasteiger partial charge in [-0.2, -0.15) is 4.31 Å². The van der Waals surface area contributed by atoms with Crippen LogP contribution < -0.4 is 10.2 Å². The molecule has 110 valence electrons. The Balaban J connectivity index is 2.51. The summed E-state index contributed by atoms with van der Waals surface area (Å²) in [6, 6.07) is -0.950. The van der Waals surface area contributed by atoms with E-state index >= 15 is 0 Å². The van der Waals surface area contributed by atoms with Crippen LogP contribution >= 0.6 is 11.3 Å². The lowest BCUT2D eigenvalue weighted by molar-refractivity contribution is -0.137. The normalized spacial score (nSPS) is 21.0. The van der Waals surface area contributed by atoms with E-state index in [-0.39, 0.29) is 16.3 Å². The van der Waals surface area contributed by atoms with Crippen molar-refractivity contribution in [2.75, 3.05) is 6.54 Å². The summed E-state index contributed by atoms with van der Waals surface area (Å²) in [5, 5.41) is 2.10. The molecule has 1 aliphatic rings. The third-order valence-electron chi connectivity index (χ3n) is 2.92. The zero-order valence-corrected chi connectivity index (χ0v) is 12.4. The van der Waals surface area contributed by atoms with Gasteiger partial charge in [-0.15, -0.1) is 0 Å². The van der Waals surface area contributed by atoms with Gasteiger partial charge in [-0.25, -0.2) is 8.42 Å². The number of aromatic amines is 1. The Hall–Kier alpha value is -1.52. The Morgan fingerprint density at radius 2 is 2.00 bits per heavy atom. The van der Waals surface area contributed by atoms with E-state index in [0.717, 1.165) is 4.31 Å². The fraction of sp³-hybridized carbons (Fsp3) is 0.500. The number of nitrogens with zero attached hydrogens (tertiary/aromatic N) is 1. The molecule has 1 aromatic heterocycles. The molecular formula is C10H13N3O5S2. The van der Waals surface area contributed by atoms with E-state index in [1.54, 1.807) is 6.92 Å². The number of amides is 2. The van der Waals surface area contributed by atoms with Gasteiger partial charge in [0.15, 0.2) is 4.21 Å². The lowest BCUT2D eigenvalue weighted by Crippen LogP contribution is -2.59. The third-order valence-corrected chi connectivity index (χ3v) is 6.36. The molecule has 1 aromatic rings. The van der Waals surface area contributed by atoms with E-state index < -0.39 is 39.3 Å². The maximum atomic E-state index is 12.5. The minimum atomic E-state index is -4.06. The second-order valence-electron chi connectivity index (χ2n) is 4.31. The van der Waals surface area contributed by atoms with Gasteiger partial charge in [-0.1, -0.05) is 18.3 Å². The minimum absolute atomic E-state index is 0.163. The van der Waals surface area contributed by atoms with Gasteiger partial charge >= 0.3 is 4.87 Å². The van der Waals surface area contributed by atoms with Crippen LogP contribution in [0.1, 0.15) is 19.0 Å². The van der Waals surface area contributed by atoms with Crippen LogP contribution in [0.2, 0.25) is 0 Å². The number of H-pyrrole nitrogens is 1. The van der Waals surface area contributed by atoms with E-state index in [2.05, 4.69) is 10.3 Å². The number of hydrogen-bond donors (Lipinski definition) is 2. The molecule has 1 unspecified atom stereocenters. The molecule has 0 aromatic carbocycles. The molecule has 0 bridgehead atoms. The molecule has 0 saturated carbocycles. The average Bonchev–Trinajstić information content (AvgIpc) is 2.68. The van der Waals surface area contributed by atoms with Crippen LogP contribution in [0.4, 0.5) is 0 Å². The average molecular weight is 319 g/mol. The Bertz CT molecular complexity index is 717. The number of carbonyl (C=O) groups excluding carboxylic acids is 2. The highest BCUT2D eigenvalue weighted by molar-refractivity contribution is 7.91. The molecule has 1 aliphatic heterocycles. The molecular weight excluding hydrogens is 306 g/mol. The van der Waals surface area contributed by atoms with Crippen LogP contribution in [-0.4, -0.2) is 42.1 Å². The molecule has 20 heavy (non-hydrogen) atoms. The topological polar surface area (TPSA) is 116 Å². The number of piperazine rings is 1. The fourth-order valence-electron chi connectivity index (χ4n) is 2.03. The highest BCUT2D eigenvalue weighted by atomic mass is 32.2. The van der Waals surface area contributed by atoms with Gasteiger partial charge in [0.1, 0.15) is 6.04 Å². The number of imide groups is 1. The fourth-order valence-corrected chi connectivity index (χ4v) is 5.06. The summed E-state index contributed by atoms with van der Waals surface area (Å²) in [7, 11) is -4.06. The van der Waals surface area contributed by atoms with Crippen molar-refractivity contribution in [1.82, 2.24) is 14.6 Å². The molecule has 1 saturated heterocycles. The Morgan fingerprint density at radius 1 is 1.35 bits per heavy atom. The maximum absolute atomic E-state index is 12.5. The maximum Gasteiger partial charge on any atom is 0.305 e. The van der Waals surface area contributed by atoms with Gasteiger partial charge < -0.3 is 4.98 Å². The predicted molar refractivity (Wildman–Crippen MR) is 70.8 cm³/mol. The van der Waals surface area contributed by atoms with Crippen LogP contribution in [0.5, 0.6) is 0 Å². The van der Waals surface area contributed by atoms with Crippen LogP contribution in [0.3, 0.4) is 0 Å². The second-order valence-corrected chi connectivity index (χ2v) is 7.38. The lowest BCUT2D eigenvalue weighted by Gasteiger charge is -2.31. The van der Waals surface area contributed by atoms with Crippen molar-refractivity contribution in [3.8, 4) is 0 Å². The van der Waals surface area contributed by atoms with Gasteiger partial charge in [0.25, 0.3) is 10.0 Å². The zero-order chi connectivity index (χ0) is 15.1. The van der Waals surface area contributed by atoms with Crippen molar-refractivity contribution in [1.29, 1.82) is 0 Å². The van der Waals surface area contributed by atoms with Crippen LogP contribution in [0.15, 0.2) is 9.00 Å². The van der Waals surface area contributed by atoms with Crippen molar-refractivity contribution in [3.63, 3.8) is 0 Å². The Labute approximate surface area is 118 Å². The standard InChI is InChI=1S/C10H13N3O5S2/c1-3-6-8(15)12-7(14)4-13(6)20(17,18)9-5(2)11-10(16)19-9/h6H,3-4H2,1-2H3,(H,11,16)(H,12,14,15). The minimum Gasteiger partial charge on any atom is -0.315 e. The number of aromatic nitrogens is 1. The molecule has 0 spiro atoms. The molecule has 10 heteroatoms. The monoisotopic (exact) mass is 319 g/mol. The van der Waals surface area contributed by atoms with Gasteiger partial charge in [0, 0.05) is 5.69 Å². The lowest BCUT2D eigenvalue weighted by atomic mass is 10.2. The van der Waals surface area contributed by atoms with Crippen LogP contribution in [-0.2, 0) is 19.6 Å². The highest BCUT2D eigenvalue weighted by Gasteiger charge is 2.41. The molecule has 2 rings (SSSR count). The third kappa shape index (κ3) is 2.41. The number of hydrogen-bond acceptors (Lipinski definition) is 6. The molecule has 2 N–H and O–H groups in total. The number of rotatable bonds is 3. The largest absolute Gasteiger partial charge is 0.315 e. The van der Waals surface area contributed by atoms with Crippen molar-refractivity contribution in [3.05, 3.63) is 15.4 Å². The van der Waals surface area contributed by atoms with E-state index in [1.807, 2.05) is 0 Å². The Kier molecular flexibility index (Phi) is 3.80. The molecule has 0 radical (unpaired) electrons. The van der Waals surface area contributed by atoms with E-state index in [0.29, 0.717) is 11.3 Å². The summed E-state index contributed by atoms with van der Waals surface area (Å²) in [5.41, 5.74) is 0.202. The van der Waals surface area contributed by atoms with E-state index in [1.165, 1.54) is 6.92 Å². The SMILES string of the molecule is CCC1C(=O)NC(=O)CN1S(=O)(=O)c1sc(=O)[nH]c1C. The highest BCUT2D eigenvalue weighted by Crippen LogP contribution is 2.25. The zero-order valence-electron chi connectivity index (χ0n) is 10.8. The molecule has 0 aliphatic carbocycles. The first-order chi connectivity index (χ1) is 9.27. The van der Waals surface area contributed by atoms with Gasteiger partial charge in [0.2, 0.25) is 11.8 Å².